The number of hydrogen-bond donors (Lipinski definition) is 1. The maximum absolute atomic E-state index is 12.7. The molecule has 1 amide bonds. The Balaban J connectivity index is 1.73. The molecule has 1 aromatic rings. The Bertz CT molecular complexity index is 646. The largest absolute Gasteiger partial charge is 0.315 e. The number of anilines is 1. The van der Waals surface area contributed by atoms with Gasteiger partial charge < -0.3 is 5.32 Å². The standard InChI is InChI=1S/C19H27N3OS/c1-13-7-6-10-22(12-13)14(2)18(23)21-19-16(11-20)15-8-4-3-5-9-17(15)24-19/h13-14H,3-10,12H2,1-2H3,(H,21,23)/t13-,14-/m0/s1. The minimum atomic E-state index is -0.138. The smallest absolute Gasteiger partial charge is 0.242 e. The number of rotatable bonds is 3. The molecule has 0 unspecified atom stereocenters. The van der Waals surface area contributed by atoms with E-state index in [0.717, 1.165) is 43.8 Å². The second kappa shape index (κ2) is 7.67. The number of aryl methyl sites for hydroxylation is 1. The summed E-state index contributed by atoms with van der Waals surface area (Å²) in [5, 5.41) is 13.4. The van der Waals surface area contributed by atoms with Gasteiger partial charge in [0, 0.05) is 11.4 Å². The van der Waals surface area contributed by atoms with Crippen molar-refractivity contribution in [2.75, 3.05) is 18.4 Å². The molecule has 0 aromatic carbocycles. The van der Waals surface area contributed by atoms with Crippen LogP contribution in [0.4, 0.5) is 5.00 Å². The van der Waals surface area contributed by atoms with E-state index in [2.05, 4.69) is 23.2 Å². The van der Waals surface area contributed by atoms with Gasteiger partial charge in [0.05, 0.1) is 11.6 Å². The van der Waals surface area contributed by atoms with Gasteiger partial charge in [0.2, 0.25) is 5.91 Å². The van der Waals surface area contributed by atoms with Crippen molar-refractivity contribution in [3.63, 3.8) is 0 Å². The summed E-state index contributed by atoms with van der Waals surface area (Å²) < 4.78 is 0. The summed E-state index contributed by atoms with van der Waals surface area (Å²) in [5.41, 5.74) is 1.90. The normalized spacial score (nSPS) is 23.0. The van der Waals surface area contributed by atoms with E-state index in [0.29, 0.717) is 11.5 Å². The zero-order valence-corrected chi connectivity index (χ0v) is 15.5. The molecule has 1 aromatic heterocycles. The highest BCUT2D eigenvalue weighted by Gasteiger charge is 2.27. The van der Waals surface area contributed by atoms with E-state index in [-0.39, 0.29) is 11.9 Å². The first-order valence-electron chi connectivity index (χ1n) is 9.19. The number of nitriles is 1. The highest BCUT2D eigenvalue weighted by atomic mass is 32.1. The molecule has 24 heavy (non-hydrogen) atoms. The van der Waals surface area contributed by atoms with Crippen LogP contribution in [0.5, 0.6) is 0 Å². The first kappa shape index (κ1) is 17.4. The minimum absolute atomic E-state index is 0.0250. The summed E-state index contributed by atoms with van der Waals surface area (Å²) in [4.78, 5) is 16.3. The van der Waals surface area contributed by atoms with Gasteiger partial charge in [-0.2, -0.15) is 5.26 Å². The Kier molecular flexibility index (Phi) is 5.57. The highest BCUT2D eigenvalue weighted by Crippen LogP contribution is 2.37. The minimum Gasteiger partial charge on any atom is -0.315 e. The van der Waals surface area contributed by atoms with Crippen LogP contribution < -0.4 is 5.32 Å². The molecule has 1 aliphatic heterocycles. The molecule has 0 radical (unpaired) electrons. The Morgan fingerprint density at radius 3 is 2.88 bits per heavy atom. The molecule has 1 saturated heterocycles. The van der Waals surface area contributed by atoms with Gasteiger partial charge in [-0.1, -0.05) is 13.3 Å². The number of thiophene rings is 1. The molecule has 2 heterocycles. The fraction of sp³-hybridized carbons (Fsp3) is 0.684. The van der Waals surface area contributed by atoms with Gasteiger partial charge in [0.15, 0.2) is 0 Å². The number of carbonyl (C=O) groups is 1. The van der Waals surface area contributed by atoms with Crippen LogP contribution in [0, 0.1) is 17.2 Å². The summed E-state index contributed by atoms with van der Waals surface area (Å²) in [6, 6.07) is 2.21. The van der Waals surface area contributed by atoms with E-state index in [9.17, 15) is 10.1 Å². The SMILES string of the molecule is C[C@H]1CCCN([C@@H](C)C(=O)Nc2sc3c(c2C#N)CCCCC3)C1. The molecule has 1 N–H and O–H groups in total. The lowest BCUT2D eigenvalue weighted by molar-refractivity contribution is -0.121. The van der Waals surface area contributed by atoms with Crippen molar-refractivity contribution in [1.82, 2.24) is 4.90 Å². The molecule has 2 atom stereocenters. The van der Waals surface area contributed by atoms with Crippen LogP contribution in [0.3, 0.4) is 0 Å². The fourth-order valence-corrected chi connectivity index (χ4v) is 5.15. The van der Waals surface area contributed by atoms with Gasteiger partial charge in [-0.15, -0.1) is 11.3 Å². The first-order chi connectivity index (χ1) is 11.6. The number of amides is 1. The van der Waals surface area contributed by atoms with E-state index < -0.39 is 0 Å². The first-order valence-corrected chi connectivity index (χ1v) is 10.0. The number of fused-ring (bicyclic) bond motifs is 1. The van der Waals surface area contributed by atoms with Crippen molar-refractivity contribution in [3.05, 3.63) is 16.0 Å². The number of piperidine rings is 1. The predicted octanol–water partition coefficient (Wildman–Crippen LogP) is 3.95. The van der Waals surface area contributed by atoms with Gasteiger partial charge >= 0.3 is 0 Å². The third-order valence-corrected chi connectivity index (χ3v) is 6.59. The molecule has 130 valence electrons. The number of nitrogens with one attached hydrogen (secondary N) is 1. The number of likely N-dealkylation sites (tertiary alicyclic amines) is 1. The van der Waals surface area contributed by atoms with E-state index in [1.807, 2.05) is 6.92 Å². The van der Waals surface area contributed by atoms with Gasteiger partial charge in [0.25, 0.3) is 0 Å². The van der Waals surface area contributed by atoms with Crippen LogP contribution in [0.2, 0.25) is 0 Å². The van der Waals surface area contributed by atoms with Crippen LogP contribution in [-0.4, -0.2) is 29.9 Å². The molecule has 2 aliphatic rings. The highest BCUT2D eigenvalue weighted by molar-refractivity contribution is 7.16. The Morgan fingerprint density at radius 2 is 2.12 bits per heavy atom. The molecule has 1 fully saturated rings. The maximum atomic E-state index is 12.7. The lowest BCUT2D eigenvalue weighted by Gasteiger charge is -2.34. The lowest BCUT2D eigenvalue weighted by Crippen LogP contribution is -2.46. The summed E-state index contributed by atoms with van der Waals surface area (Å²) >= 11 is 1.62. The molecule has 5 heteroatoms. The molecule has 0 bridgehead atoms. The molecular weight excluding hydrogens is 318 g/mol. The van der Waals surface area contributed by atoms with E-state index in [1.165, 1.54) is 29.7 Å². The second-order valence-corrected chi connectivity index (χ2v) is 8.39. The summed E-state index contributed by atoms with van der Waals surface area (Å²) in [5.74, 6) is 0.679. The van der Waals surface area contributed by atoms with Crippen molar-refractivity contribution < 1.29 is 4.79 Å². The Hall–Kier alpha value is -1.38. The van der Waals surface area contributed by atoms with Gasteiger partial charge in [-0.3, -0.25) is 9.69 Å². The second-order valence-electron chi connectivity index (χ2n) is 7.29. The third kappa shape index (κ3) is 3.65. The molecule has 4 nitrogen and oxygen atoms in total. The maximum Gasteiger partial charge on any atom is 0.242 e. The van der Waals surface area contributed by atoms with Crippen molar-refractivity contribution in [1.29, 1.82) is 5.26 Å². The van der Waals surface area contributed by atoms with Gasteiger partial charge in [-0.05, 0) is 63.5 Å². The average Bonchev–Trinajstić information content (AvgIpc) is 2.74. The molecule has 0 spiro atoms. The quantitative estimate of drug-likeness (QED) is 0.844. The van der Waals surface area contributed by atoms with Crippen LogP contribution in [0.1, 0.15) is 62.0 Å². The number of carbonyl (C=O) groups excluding carboxylic acids is 1. The van der Waals surface area contributed by atoms with Crippen molar-refractivity contribution in [2.45, 2.75) is 64.8 Å². The third-order valence-electron chi connectivity index (χ3n) is 5.39. The van der Waals surface area contributed by atoms with Crippen LogP contribution in [0.15, 0.2) is 0 Å². The fourth-order valence-electron chi connectivity index (χ4n) is 3.91. The topological polar surface area (TPSA) is 56.1 Å². The molecule has 0 saturated carbocycles. The van der Waals surface area contributed by atoms with Gasteiger partial charge in [-0.25, -0.2) is 0 Å². The van der Waals surface area contributed by atoms with E-state index in [1.54, 1.807) is 11.3 Å². The monoisotopic (exact) mass is 345 g/mol. The summed E-state index contributed by atoms with van der Waals surface area (Å²) in [6.07, 6.45) is 8.00. The van der Waals surface area contributed by atoms with Crippen LogP contribution in [0.25, 0.3) is 0 Å². The van der Waals surface area contributed by atoms with Gasteiger partial charge in [0.1, 0.15) is 11.1 Å². The number of nitrogens with zero attached hydrogens (tertiary/aromatic N) is 2. The zero-order chi connectivity index (χ0) is 17.1. The van der Waals surface area contributed by atoms with Crippen molar-refractivity contribution >= 4 is 22.2 Å². The average molecular weight is 346 g/mol. The summed E-state index contributed by atoms with van der Waals surface area (Å²) in [7, 11) is 0. The zero-order valence-electron chi connectivity index (χ0n) is 14.7. The van der Waals surface area contributed by atoms with Crippen molar-refractivity contribution in [3.8, 4) is 6.07 Å². The Morgan fingerprint density at radius 1 is 1.33 bits per heavy atom. The summed E-state index contributed by atoms with van der Waals surface area (Å²) in [6.45, 7) is 6.21. The lowest BCUT2D eigenvalue weighted by atomic mass is 9.99. The van der Waals surface area contributed by atoms with E-state index in [4.69, 9.17) is 0 Å². The van der Waals surface area contributed by atoms with Crippen LogP contribution >= 0.6 is 11.3 Å². The predicted molar refractivity (Wildman–Crippen MR) is 98.4 cm³/mol. The van der Waals surface area contributed by atoms with Crippen LogP contribution in [-0.2, 0) is 17.6 Å². The van der Waals surface area contributed by atoms with Crippen molar-refractivity contribution in [2.24, 2.45) is 5.92 Å². The molecular formula is C19H27N3OS. The van der Waals surface area contributed by atoms with E-state index >= 15 is 0 Å². The Labute approximate surface area is 148 Å². The number of hydrogen-bond acceptors (Lipinski definition) is 4. The molecule has 3 rings (SSSR count). The molecule has 1 aliphatic carbocycles.